The first-order chi connectivity index (χ1) is 6.79. The number of nitriles is 1. The smallest absolute Gasteiger partial charge is 0.114 e. The average Bonchev–Trinajstić information content (AvgIpc) is 2.90. The fraction of sp³-hybridized carbons (Fsp3) is 0.600. The van der Waals surface area contributed by atoms with Crippen molar-refractivity contribution in [2.75, 3.05) is 0 Å². The summed E-state index contributed by atoms with van der Waals surface area (Å²) in [5.41, 5.74) is 0. The Kier molecular flexibility index (Phi) is 2.51. The standard InChI is InChI=1S/C10H14N4/c1-8-12-4-5-14(8)7-10(6-11)13-9-2-3-9/h4-5,9-10,13H,2-3,7H2,1H3. The Labute approximate surface area is 83.6 Å². The van der Waals surface area contributed by atoms with Gasteiger partial charge in [0.2, 0.25) is 0 Å². The highest BCUT2D eigenvalue weighted by Crippen LogP contribution is 2.19. The fourth-order valence-electron chi connectivity index (χ4n) is 1.46. The third-order valence-electron chi connectivity index (χ3n) is 2.47. The minimum atomic E-state index is -0.0876. The van der Waals surface area contributed by atoms with Crippen LogP contribution in [0, 0.1) is 18.3 Å². The summed E-state index contributed by atoms with van der Waals surface area (Å²) in [5, 5.41) is 12.2. The molecule has 74 valence electrons. The van der Waals surface area contributed by atoms with Crippen LogP contribution in [-0.4, -0.2) is 21.6 Å². The molecule has 1 N–H and O–H groups in total. The second-order valence-corrected chi connectivity index (χ2v) is 3.75. The van der Waals surface area contributed by atoms with Crippen molar-refractivity contribution < 1.29 is 0 Å². The molecule has 1 aromatic rings. The lowest BCUT2D eigenvalue weighted by Gasteiger charge is -2.12. The number of rotatable bonds is 4. The van der Waals surface area contributed by atoms with E-state index in [9.17, 15) is 0 Å². The number of aromatic nitrogens is 2. The fourth-order valence-corrected chi connectivity index (χ4v) is 1.46. The van der Waals surface area contributed by atoms with E-state index < -0.39 is 0 Å². The predicted octanol–water partition coefficient (Wildman–Crippen LogP) is 0.836. The zero-order valence-electron chi connectivity index (χ0n) is 8.27. The van der Waals surface area contributed by atoms with Crippen molar-refractivity contribution in [2.24, 2.45) is 0 Å². The molecular formula is C10H14N4. The molecule has 1 aromatic heterocycles. The Balaban J connectivity index is 1.94. The van der Waals surface area contributed by atoms with Gasteiger partial charge in [0.1, 0.15) is 11.9 Å². The summed E-state index contributed by atoms with van der Waals surface area (Å²) in [7, 11) is 0. The Morgan fingerprint density at radius 1 is 1.79 bits per heavy atom. The summed E-state index contributed by atoms with van der Waals surface area (Å²) in [6.07, 6.45) is 6.09. The highest BCUT2D eigenvalue weighted by Gasteiger charge is 2.24. The van der Waals surface area contributed by atoms with E-state index in [2.05, 4.69) is 16.4 Å². The van der Waals surface area contributed by atoms with Gasteiger partial charge in [-0.25, -0.2) is 4.98 Å². The molecule has 14 heavy (non-hydrogen) atoms. The Hall–Kier alpha value is -1.34. The molecule has 1 saturated carbocycles. The first-order valence-electron chi connectivity index (χ1n) is 4.93. The van der Waals surface area contributed by atoms with Gasteiger partial charge in [0.05, 0.1) is 12.6 Å². The molecule has 0 saturated heterocycles. The van der Waals surface area contributed by atoms with E-state index in [4.69, 9.17) is 5.26 Å². The van der Waals surface area contributed by atoms with Crippen LogP contribution in [-0.2, 0) is 6.54 Å². The lowest BCUT2D eigenvalue weighted by molar-refractivity contribution is 0.513. The summed E-state index contributed by atoms with van der Waals surface area (Å²) >= 11 is 0. The Morgan fingerprint density at radius 2 is 2.57 bits per heavy atom. The number of nitrogens with one attached hydrogen (secondary N) is 1. The zero-order chi connectivity index (χ0) is 9.97. The van der Waals surface area contributed by atoms with Gasteiger partial charge in [-0.2, -0.15) is 5.26 Å². The SMILES string of the molecule is Cc1nccn1CC(C#N)NC1CC1. The van der Waals surface area contributed by atoms with Crippen molar-refractivity contribution in [3.05, 3.63) is 18.2 Å². The highest BCUT2D eigenvalue weighted by molar-refractivity contribution is 4.98. The second kappa shape index (κ2) is 3.81. The summed E-state index contributed by atoms with van der Waals surface area (Å²) < 4.78 is 2.00. The minimum absolute atomic E-state index is 0.0876. The van der Waals surface area contributed by atoms with Crippen LogP contribution in [0.4, 0.5) is 0 Å². The molecule has 1 fully saturated rings. The van der Waals surface area contributed by atoms with E-state index in [1.165, 1.54) is 12.8 Å². The zero-order valence-corrected chi connectivity index (χ0v) is 8.27. The molecule has 1 heterocycles. The maximum Gasteiger partial charge on any atom is 0.114 e. The van der Waals surface area contributed by atoms with Crippen LogP contribution >= 0.6 is 0 Å². The topological polar surface area (TPSA) is 53.6 Å². The first-order valence-corrected chi connectivity index (χ1v) is 4.93. The molecule has 1 unspecified atom stereocenters. The predicted molar refractivity (Wildman–Crippen MR) is 52.5 cm³/mol. The van der Waals surface area contributed by atoms with Gasteiger partial charge in [-0.3, -0.25) is 5.32 Å². The summed E-state index contributed by atoms with van der Waals surface area (Å²) in [5.74, 6) is 0.961. The monoisotopic (exact) mass is 190 g/mol. The molecule has 1 aliphatic carbocycles. The third kappa shape index (κ3) is 2.12. The second-order valence-electron chi connectivity index (χ2n) is 3.75. The van der Waals surface area contributed by atoms with E-state index in [1.807, 2.05) is 17.7 Å². The number of aryl methyl sites for hydroxylation is 1. The van der Waals surface area contributed by atoms with E-state index in [-0.39, 0.29) is 6.04 Å². The molecule has 0 radical (unpaired) electrons. The average molecular weight is 190 g/mol. The van der Waals surface area contributed by atoms with E-state index >= 15 is 0 Å². The Morgan fingerprint density at radius 3 is 3.07 bits per heavy atom. The Bertz CT molecular complexity index is 345. The summed E-state index contributed by atoms with van der Waals surface area (Å²) in [6.45, 7) is 2.64. The third-order valence-corrected chi connectivity index (χ3v) is 2.47. The molecule has 2 rings (SSSR count). The van der Waals surface area contributed by atoms with E-state index in [0.717, 1.165) is 5.82 Å². The van der Waals surface area contributed by atoms with Gasteiger partial charge < -0.3 is 4.57 Å². The van der Waals surface area contributed by atoms with Crippen molar-refractivity contribution in [3.8, 4) is 6.07 Å². The van der Waals surface area contributed by atoms with Gasteiger partial charge in [-0.15, -0.1) is 0 Å². The minimum Gasteiger partial charge on any atom is -0.333 e. The van der Waals surface area contributed by atoms with Crippen LogP contribution in [0.25, 0.3) is 0 Å². The van der Waals surface area contributed by atoms with Gasteiger partial charge in [0.15, 0.2) is 0 Å². The molecule has 0 aliphatic heterocycles. The van der Waals surface area contributed by atoms with Crippen LogP contribution in [0.3, 0.4) is 0 Å². The number of nitrogens with zero attached hydrogens (tertiary/aromatic N) is 3. The normalized spacial score (nSPS) is 17.7. The molecular weight excluding hydrogens is 176 g/mol. The summed E-state index contributed by atoms with van der Waals surface area (Å²) in [4.78, 5) is 4.12. The van der Waals surface area contributed by atoms with Crippen LogP contribution < -0.4 is 5.32 Å². The van der Waals surface area contributed by atoms with Gasteiger partial charge in [0, 0.05) is 18.4 Å². The van der Waals surface area contributed by atoms with Crippen LogP contribution in [0.5, 0.6) is 0 Å². The van der Waals surface area contributed by atoms with Gasteiger partial charge in [0.25, 0.3) is 0 Å². The van der Waals surface area contributed by atoms with Gasteiger partial charge >= 0.3 is 0 Å². The van der Waals surface area contributed by atoms with Crippen LogP contribution in [0.15, 0.2) is 12.4 Å². The number of hydrogen-bond acceptors (Lipinski definition) is 3. The highest BCUT2D eigenvalue weighted by atomic mass is 15.1. The molecule has 0 aromatic carbocycles. The maximum atomic E-state index is 8.95. The largest absolute Gasteiger partial charge is 0.333 e. The number of hydrogen-bond donors (Lipinski definition) is 1. The molecule has 0 bridgehead atoms. The molecule has 0 spiro atoms. The molecule has 4 nitrogen and oxygen atoms in total. The van der Waals surface area contributed by atoms with Crippen molar-refractivity contribution >= 4 is 0 Å². The van der Waals surface area contributed by atoms with Crippen molar-refractivity contribution in [1.29, 1.82) is 5.26 Å². The number of imidazole rings is 1. The molecule has 4 heteroatoms. The first kappa shape index (κ1) is 9.22. The lowest BCUT2D eigenvalue weighted by Crippen LogP contribution is -2.33. The van der Waals surface area contributed by atoms with Crippen LogP contribution in [0.1, 0.15) is 18.7 Å². The lowest BCUT2D eigenvalue weighted by atomic mass is 10.3. The van der Waals surface area contributed by atoms with Crippen molar-refractivity contribution in [1.82, 2.24) is 14.9 Å². The molecule has 0 amide bonds. The van der Waals surface area contributed by atoms with Gasteiger partial charge in [-0.1, -0.05) is 0 Å². The summed E-state index contributed by atoms with van der Waals surface area (Å²) in [6, 6.07) is 2.76. The van der Waals surface area contributed by atoms with E-state index in [1.54, 1.807) is 6.20 Å². The van der Waals surface area contributed by atoms with E-state index in [0.29, 0.717) is 12.6 Å². The molecule has 1 atom stereocenters. The molecule has 1 aliphatic rings. The van der Waals surface area contributed by atoms with Crippen molar-refractivity contribution in [3.63, 3.8) is 0 Å². The quantitative estimate of drug-likeness (QED) is 0.765. The van der Waals surface area contributed by atoms with Crippen LogP contribution in [0.2, 0.25) is 0 Å². The van der Waals surface area contributed by atoms with Gasteiger partial charge in [-0.05, 0) is 19.8 Å². The van der Waals surface area contributed by atoms with Crippen molar-refractivity contribution in [2.45, 2.75) is 38.4 Å². The maximum absolute atomic E-state index is 8.95.